The standard InChI is InChI=1S/C33H39NO4.C20H29NO4.C13H11Br.CH4.Na.H/c1-33(2,32(36)37-3)28-18-16-25(17-19-28)30(35)15-10-22-34-23-20-29(21-24-34)38-31(26-11-6-4-7-12-26)27-13-8-5-9-14-27;1-20(2,19(24)25-3)16-8-6-15(7-9-16)18(23)5-4-12-21-13-10-17(22)11-14-21;14-13(11-7-3-1-4-8-11)12-9-5-2-6-10-12;;;/h4-9,11-14,16-19,29,31H,10,15,20-24H2,1-3H3;6-9,17,22H,4-5,10-14H2,1-3H3;1-10,13H;1H4;;/q;;;;+1;-1. The van der Waals surface area contributed by atoms with Crippen LogP contribution in [0.25, 0.3) is 0 Å². The molecule has 2 saturated heterocycles. The summed E-state index contributed by atoms with van der Waals surface area (Å²) in [5.41, 5.74) is 6.52. The number of halogens is 1. The van der Waals surface area contributed by atoms with Crippen LogP contribution in [-0.2, 0) is 34.6 Å². The van der Waals surface area contributed by atoms with Crippen LogP contribution in [0.2, 0.25) is 0 Å². The summed E-state index contributed by atoms with van der Waals surface area (Å²) in [6.45, 7) is 12.9. The molecule has 0 amide bonds. The molecule has 0 saturated carbocycles. The fraction of sp³-hybridized carbons (Fsp3) is 0.403. The molecule has 0 aliphatic carbocycles. The molecule has 0 atom stereocenters. The van der Waals surface area contributed by atoms with Crippen LogP contribution in [0.1, 0.15) is 153 Å². The van der Waals surface area contributed by atoms with Crippen LogP contribution in [-0.4, -0.2) is 104 Å². The first-order valence-corrected chi connectivity index (χ1v) is 28.1. The van der Waals surface area contributed by atoms with E-state index in [1.807, 2.05) is 88.4 Å². The zero-order valence-electron chi connectivity index (χ0n) is 48.0. The summed E-state index contributed by atoms with van der Waals surface area (Å²) in [6, 6.07) is 56.3. The number of likely N-dealkylation sites (tertiary alicyclic amines) is 2. The van der Waals surface area contributed by atoms with Crippen molar-refractivity contribution in [1.82, 2.24) is 9.80 Å². The minimum absolute atomic E-state index is 0. The number of aliphatic hydroxyl groups excluding tert-OH is 1. The van der Waals surface area contributed by atoms with Gasteiger partial charge in [-0.25, -0.2) is 0 Å². The number of ketones is 2. The summed E-state index contributed by atoms with van der Waals surface area (Å²) in [6.07, 6.45) is 6.30. The number of ether oxygens (including phenoxy) is 3. The van der Waals surface area contributed by atoms with E-state index < -0.39 is 10.8 Å². The third kappa shape index (κ3) is 20.1. The van der Waals surface area contributed by atoms with Gasteiger partial charge in [-0.05, 0) is 113 Å². The van der Waals surface area contributed by atoms with Crippen LogP contribution in [0.5, 0.6) is 0 Å². The van der Waals surface area contributed by atoms with Crippen LogP contribution in [0.4, 0.5) is 0 Å². The molecule has 1 N–H and O–H groups in total. The second-order valence-corrected chi connectivity index (χ2v) is 22.0. The maximum Gasteiger partial charge on any atom is 1.00 e. The molecule has 2 fully saturated rings. The van der Waals surface area contributed by atoms with Gasteiger partial charge in [0.05, 0.1) is 42.1 Å². The summed E-state index contributed by atoms with van der Waals surface area (Å²) < 4.78 is 16.4. The number of piperidine rings is 2. The van der Waals surface area contributed by atoms with Gasteiger partial charge in [-0.2, -0.15) is 0 Å². The molecule has 0 unspecified atom stereocenters. The third-order valence-electron chi connectivity index (χ3n) is 14.8. The van der Waals surface area contributed by atoms with Gasteiger partial charge in [0, 0.05) is 50.1 Å². The summed E-state index contributed by atoms with van der Waals surface area (Å²) >= 11 is 3.69. The van der Waals surface area contributed by atoms with Crippen molar-refractivity contribution >= 4 is 39.4 Å². The van der Waals surface area contributed by atoms with Gasteiger partial charge >= 0.3 is 41.5 Å². The molecule has 12 heteroatoms. The number of alkyl halides is 1. The number of aliphatic hydroxyl groups is 1. The molecular weight excluding hydrogens is 1060 g/mol. The van der Waals surface area contributed by atoms with Crippen LogP contribution in [0.3, 0.4) is 0 Å². The minimum atomic E-state index is -0.742. The molecule has 0 aromatic heterocycles. The summed E-state index contributed by atoms with van der Waals surface area (Å²) in [4.78, 5) is 54.0. The Kier molecular flexibility index (Phi) is 28.3. The topological polar surface area (TPSA) is 123 Å². The Hall–Kier alpha value is -5.08. The van der Waals surface area contributed by atoms with E-state index in [0.29, 0.717) is 28.8 Å². The van der Waals surface area contributed by atoms with Gasteiger partial charge in [0.1, 0.15) is 6.10 Å². The van der Waals surface area contributed by atoms with E-state index in [0.717, 1.165) is 88.9 Å². The van der Waals surface area contributed by atoms with Gasteiger partial charge in [-0.3, -0.25) is 19.2 Å². The van der Waals surface area contributed by atoms with Crippen molar-refractivity contribution in [1.29, 1.82) is 0 Å². The number of carbonyl (C=O) groups is 4. The number of nitrogens with zero attached hydrogens (tertiary/aromatic N) is 2. The molecule has 10 nitrogen and oxygen atoms in total. The van der Waals surface area contributed by atoms with Crippen molar-refractivity contribution in [2.75, 3.05) is 53.5 Å². The Morgan fingerprint density at radius 3 is 1.18 bits per heavy atom. The fourth-order valence-electron chi connectivity index (χ4n) is 9.75. The normalized spacial score (nSPS) is 14.3. The second kappa shape index (κ2) is 33.6. The largest absolute Gasteiger partial charge is 1.00 e. The first-order chi connectivity index (χ1) is 37.1. The molecule has 418 valence electrons. The molecule has 6 aromatic rings. The Balaban J connectivity index is 0.000000344. The zero-order valence-corrected chi connectivity index (χ0v) is 50.5. The predicted molar refractivity (Wildman–Crippen MR) is 319 cm³/mol. The van der Waals surface area contributed by atoms with E-state index in [2.05, 4.69) is 123 Å². The van der Waals surface area contributed by atoms with Crippen molar-refractivity contribution in [3.8, 4) is 0 Å². The molecule has 2 heterocycles. The third-order valence-corrected chi connectivity index (χ3v) is 15.9. The van der Waals surface area contributed by atoms with Crippen molar-refractivity contribution in [2.24, 2.45) is 0 Å². The van der Waals surface area contributed by atoms with Gasteiger partial charge in [0.2, 0.25) is 0 Å². The number of hydrogen-bond acceptors (Lipinski definition) is 10. The van der Waals surface area contributed by atoms with Gasteiger partial charge in [0.25, 0.3) is 0 Å². The van der Waals surface area contributed by atoms with E-state index in [4.69, 9.17) is 14.2 Å². The monoisotopic (exact) mass is 1150 g/mol. The Morgan fingerprint density at radius 1 is 0.532 bits per heavy atom. The van der Waals surface area contributed by atoms with Crippen molar-refractivity contribution in [2.45, 2.75) is 120 Å². The quantitative estimate of drug-likeness (QED) is 0.0342. The number of Topliss-reactive ketones (excluding diaryl/α,β-unsaturated/α-hetero) is 2. The van der Waals surface area contributed by atoms with E-state index in [-0.39, 0.29) is 80.2 Å². The number of methoxy groups -OCH3 is 2. The zero-order chi connectivity index (χ0) is 55.2. The average molecular weight is 1150 g/mol. The van der Waals surface area contributed by atoms with Crippen molar-refractivity contribution < 1.29 is 69.5 Å². The first kappa shape index (κ1) is 66.4. The molecule has 6 aromatic carbocycles. The molecule has 2 aliphatic rings. The molecule has 0 bridgehead atoms. The average Bonchev–Trinajstić information content (AvgIpc) is 3.48. The van der Waals surface area contributed by atoms with Crippen LogP contribution in [0, 0.1) is 0 Å². The van der Waals surface area contributed by atoms with Crippen molar-refractivity contribution in [3.05, 3.63) is 214 Å². The van der Waals surface area contributed by atoms with E-state index in [1.54, 1.807) is 12.1 Å². The minimum Gasteiger partial charge on any atom is -1.00 e. The van der Waals surface area contributed by atoms with Gasteiger partial charge in [-0.15, -0.1) is 0 Å². The Bertz CT molecular complexity index is 2640. The first-order valence-electron chi connectivity index (χ1n) is 27.2. The van der Waals surface area contributed by atoms with Gasteiger partial charge < -0.3 is 30.5 Å². The Labute approximate surface area is 503 Å². The number of benzene rings is 6. The number of carbonyl (C=O) groups excluding carboxylic acids is 4. The van der Waals surface area contributed by atoms with Crippen molar-refractivity contribution in [3.63, 3.8) is 0 Å². The molecule has 0 spiro atoms. The van der Waals surface area contributed by atoms with Gasteiger partial charge in [-0.1, -0.05) is 193 Å². The summed E-state index contributed by atoms with van der Waals surface area (Å²) in [5, 5.41) is 9.51. The van der Waals surface area contributed by atoms with E-state index in [1.165, 1.54) is 36.5 Å². The number of hydrogen-bond donors (Lipinski definition) is 1. The van der Waals surface area contributed by atoms with E-state index in [9.17, 15) is 24.3 Å². The fourth-order valence-corrected chi connectivity index (χ4v) is 10.4. The van der Waals surface area contributed by atoms with Crippen LogP contribution >= 0.6 is 15.9 Å². The molecule has 0 radical (unpaired) electrons. The van der Waals surface area contributed by atoms with Gasteiger partial charge in [0.15, 0.2) is 11.6 Å². The second-order valence-electron chi connectivity index (χ2n) is 21.1. The maximum atomic E-state index is 12.8. The molecule has 8 rings (SSSR count). The van der Waals surface area contributed by atoms with E-state index >= 15 is 0 Å². The van der Waals surface area contributed by atoms with Crippen LogP contribution < -0.4 is 29.6 Å². The summed E-state index contributed by atoms with van der Waals surface area (Å²) in [5.74, 6) is -0.321. The smallest absolute Gasteiger partial charge is 1.00 e. The number of esters is 2. The van der Waals surface area contributed by atoms with Crippen LogP contribution in [0.15, 0.2) is 170 Å². The predicted octanol–water partition coefficient (Wildman–Crippen LogP) is 10.9. The SMILES string of the molecule is BrC(c1ccccc1)c1ccccc1.C.COC(=O)C(C)(C)c1ccc(C(=O)CCCN2CCC(O)CC2)cc1.COC(=O)C(C)(C)c1ccc(C(=O)CCCN2CCC(OC(c3ccccc3)c3ccccc3)CC2)cc1.[H-].[Na+]. The Morgan fingerprint density at radius 2 is 0.848 bits per heavy atom. The maximum absolute atomic E-state index is 12.8. The summed E-state index contributed by atoms with van der Waals surface area (Å²) in [7, 11) is 2.77. The molecular formula is C67H84BrN2NaO8. The number of rotatable bonds is 20. The molecule has 2 aliphatic heterocycles. The molecule has 79 heavy (non-hydrogen) atoms.